The zero-order valence-electron chi connectivity index (χ0n) is 27.6. The molecule has 5 aromatic rings. The minimum Gasteiger partial charge on any atom is -0.465 e. The van der Waals surface area contributed by atoms with Crippen molar-refractivity contribution in [2.45, 2.75) is 30.1 Å². The molecule has 1 aromatic heterocycles. The number of thiophene rings is 1. The van der Waals surface area contributed by atoms with Gasteiger partial charge < -0.3 is 20.7 Å². The van der Waals surface area contributed by atoms with Gasteiger partial charge in [0.05, 0.1) is 18.4 Å². The molecule has 0 bridgehead atoms. The van der Waals surface area contributed by atoms with E-state index in [-0.39, 0.29) is 22.9 Å². The topological polar surface area (TPSA) is 114 Å². The van der Waals surface area contributed by atoms with Crippen molar-refractivity contribution in [2.24, 2.45) is 0 Å². The first-order valence-electron chi connectivity index (χ1n) is 16.2. The number of amides is 3. The van der Waals surface area contributed by atoms with Gasteiger partial charge in [0, 0.05) is 26.6 Å². The van der Waals surface area contributed by atoms with Crippen LogP contribution in [0.1, 0.15) is 54.6 Å². The van der Waals surface area contributed by atoms with Gasteiger partial charge in [0.15, 0.2) is 0 Å². The fraction of sp³-hybridized carbons (Fsp3) is 0.150. The number of halogens is 1. The third kappa shape index (κ3) is 8.80. The van der Waals surface area contributed by atoms with Crippen LogP contribution in [-0.2, 0) is 27.2 Å². The molecular formula is C40H34FN3O5S2. The molecular weight excluding hydrogens is 686 g/mol. The maximum absolute atomic E-state index is 14.5. The lowest BCUT2D eigenvalue weighted by Crippen LogP contribution is -2.30. The van der Waals surface area contributed by atoms with Crippen LogP contribution >= 0.6 is 23.1 Å². The molecule has 51 heavy (non-hydrogen) atoms. The highest BCUT2D eigenvalue weighted by Gasteiger charge is 2.30. The van der Waals surface area contributed by atoms with E-state index in [1.54, 1.807) is 60.7 Å². The SMILES string of the molecule is COC(=O)c1c(NC(=O)CSc2cccc(NC(=O)/C(=C/c3ccccc3F)NC(=O)c3ccccc3)c2)sc2c1CCC(c1ccccc1)C2. The summed E-state index contributed by atoms with van der Waals surface area (Å²) in [6, 6.07) is 31.5. The number of benzene rings is 4. The van der Waals surface area contributed by atoms with Crippen molar-refractivity contribution in [1.29, 1.82) is 0 Å². The monoisotopic (exact) mass is 719 g/mol. The zero-order chi connectivity index (χ0) is 35.7. The van der Waals surface area contributed by atoms with Gasteiger partial charge in [-0.2, -0.15) is 0 Å². The third-order valence-corrected chi connectivity index (χ3v) is 10.5. The van der Waals surface area contributed by atoms with E-state index in [0.717, 1.165) is 23.3 Å². The average Bonchev–Trinajstić information content (AvgIpc) is 3.52. The molecule has 0 saturated carbocycles. The van der Waals surface area contributed by atoms with Crippen molar-refractivity contribution in [1.82, 2.24) is 5.32 Å². The second-order valence-electron chi connectivity index (χ2n) is 11.8. The summed E-state index contributed by atoms with van der Waals surface area (Å²) in [4.78, 5) is 54.2. The molecule has 1 atom stereocenters. The molecule has 1 aliphatic carbocycles. The van der Waals surface area contributed by atoms with Crippen molar-refractivity contribution in [2.75, 3.05) is 23.5 Å². The number of anilines is 2. The Balaban J connectivity index is 1.13. The van der Waals surface area contributed by atoms with Crippen LogP contribution in [0.5, 0.6) is 0 Å². The lowest BCUT2D eigenvalue weighted by Gasteiger charge is -2.22. The summed E-state index contributed by atoms with van der Waals surface area (Å²) < 4.78 is 19.6. The van der Waals surface area contributed by atoms with E-state index in [1.165, 1.54) is 60.0 Å². The molecule has 1 aliphatic rings. The Morgan fingerprint density at radius 1 is 0.902 bits per heavy atom. The van der Waals surface area contributed by atoms with Crippen LogP contribution in [0.25, 0.3) is 6.08 Å². The van der Waals surface area contributed by atoms with Gasteiger partial charge in [0.1, 0.15) is 16.5 Å². The fourth-order valence-electron chi connectivity index (χ4n) is 5.87. The van der Waals surface area contributed by atoms with Gasteiger partial charge >= 0.3 is 5.97 Å². The predicted molar refractivity (Wildman–Crippen MR) is 200 cm³/mol. The van der Waals surface area contributed by atoms with Crippen molar-refractivity contribution >= 4 is 63.6 Å². The first-order chi connectivity index (χ1) is 24.8. The standard InChI is InChI=1S/C40H34FN3O5S2/c1-49-40(48)36-31-20-19-27(25-11-4-2-5-12-25)22-34(31)51-39(36)44-35(45)24-50-30-17-10-16-29(23-30)42-38(47)33(21-28-15-8-9-18-32(28)41)43-37(46)26-13-6-3-7-14-26/h2-18,21,23,27H,19-20,22,24H2,1H3,(H,42,47)(H,43,46)(H,44,45)/b33-21-. The van der Waals surface area contributed by atoms with Gasteiger partial charge in [0.25, 0.3) is 11.8 Å². The second-order valence-corrected chi connectivity index (χ2v) is 13.9. The Hall–Kier alpha value is -5.52. The number of esters is 1. The highest BCUT2D eigenvalue weighted by molar-refractivity contribution is 8.00. The minimum atomic E-state index is -0.658. The van der Waals surface area contributed by atoms with Gasteiger partial charge in [-0.15, -0.1) is 23.1 Å². The smallest absolute Gasteiger partial charge is 0.341 e. The number of carbonyl (C=O) groups is 4. The molecule has 4 aromatic carbocycles. The van der Waals surface area contributed by atoms with Crippen molar-refractivity contribution in [3.05, 3.63) is 153 Å². The number of ether oxygens (including phenoxy) is 1. The molecule has 0 saturated heterocycles. The summed E-state index contributed by atoms with van der Waals surface area (Å²) in [5.41, 5.74) is 3.33. The third-order valence-electron chi connectivity index (χ3n) is 8.37. The fourth-order valence-corrected chi connectivity index (χ4v) is 7.95. The largest absolute Gasteiger partial charge is 0.465 e. The summed E-state index contributed by atoms with van der Waals surface area (Å²) in [6.45, 7) is 0. The summed E-state index contributed by atoms with van der Waals surface area (Å²) in [5, 5.41) is 8.80. The van der Waals surface area contributed by atoms with Crippen molar-refractivity contribution in [3.8, 4) is 0 Å². The second kappa shape index (κ2) is 16.5. The maximum atomic E-state index is 14.5. The van der Waals surface area contributed by atoms with Crippen LogP contribution in [0, 0.1) is 5.82 Å². The molecule has 3 amide bonds. The first-order valence-corrected chi connectivity index (χ1v) is 18.0. The number of thioether (sulfide) groups is 1. The molecule has 1 heterocycles. The van der Waals surface area contributed by atoms with Gasteiger partial charge in [0.2, 0.25) is 5.91 Å². The number of rotatable bonds is 11. The molecule has 0 aliphatic heterocycles. The van der Waals surface area contributed by atoms with Gasteiger partial charge in [-0.25, -0.2) is 9.18 Å². The van der Waals surface area contributed by atoms with E-state index in [9.17, 15) is 23.6 Å². The van der Waals surface area contributed by atoms with Crippen LogP contribution < -0.4 is 16.0 Å². The summed E-state index contributed by atoms with van der Waals surface area (Å²) in [7, 11) is 1.34. The molecule has 0 radical (unpaired) electrons. The van der Waals surface area contributed by atoms with Gasteiger partial charge in [-0.05, 0) is 78.8 Å². The molecule has 0 fully saturated rings. The van der Waals surface area contributed by atoms with Crippen molar-refractivity contribution < 1.29 is 28.3 Å². The number of hydrogen-bond acceptors (Lipinski definition) is 7. The summed E-state index contributed by atoms with van der Waals surface area (Å²) in [6.07, 6.45) is 3.67. The number of hydrogen-bond donors (Lipinski definition) is 3. The number of nitrogens with one attached hydrogen (secondary N) is 3. The number of fused-ring (bicyclic) bond motifs is 1. The van der Waals surface area contributed by atoms with E-state index >= 15 is 0 Å². The zero-order valence-corrected chi connectivity index (χ0v) is 29.2. The summed E-state index contributed by atoms with van der Waals surface area (Å²) >= 11 is 2.68. The Kier molecular flexibility index (Phi) is 11.4. The molecule has 3 N–H and O–H groups in total. The molecule has 1 unspecified atom stereocenters. The maximum Gasteiger partial charge on any atom is 0.341 e. The Labute approximate surface area is 303 Å². The van der Waals surface area contributed by atoms with E-state index in [0.29, 0.717) is 39.0 Å². The molecule has 11 heteroatoms. The van der Waals surface area contributed by atoms with Crippen LogP contribution in [0.4, 0.5) is 15.1 Å². The normalized spacial score (nSPS) is 13.8. The van der Waals surface area contributed by atoms with Crippen LogP contribution in [0.15, 0.2) is 120 Å². The van der Waals surface area contributed by atoms with Crippen LogP contribution in [0.2, 0.25) is 0 Å². The van der Waals surface area contributed by atoms with E-state index < -0.39 is 23.6 Å². The quantitative estimate of drug-likeness (QED) is 0.0723. The van der Waals surface area contributed by atoms with Gasteiger partial charge in [-0.3, -0.25) is 14.4 Å². The summed E-state index contributed by atoms with van der Waals surface area (Å²) in [5.74, 6) is -2.13. The Bertz CT molecular complexity index is 2100. The van der Waals surface area contributed by atoms with Gasteiger partial charge in [-0.1, -0.05) is 72.8 Å². The predicted octanol–water partition coefficient (Wildman–Crippen LogP) is 8.09. The number of carbonyl (C=O) groups excluding carboxylic acids is 4. The highest BCUT2D eigenvalue weighted by atomic mass is 32.2. The van der Waals surface area contributed by atoms with Crippen LogP contribution in [-0.4, -0.2) is 36.6 Å². The Morgan fingerprint density at radius 3 is 2.37 bits per heavy atom. The van der Waals surface area contributed by atoms with Crippen molar-refractivity contribution in [3.63, 3.8) is 0 Å². The van der Waals surface area contributed by atoms with E-state index in [4.69, 9.17) is 4.74 Å². The molecule has 6 rings (SSSR count). The van der Waals surface area contributed by atoms with Crippen LogP contribution in [0.3, 0.4) is 0 Å². The Morgan fingerprint density at radius 2 is 1.63 bits per heavy atom. The minimum absolute atomic E-state index is 0.0405. The lowest BCUT2D eigenvalue weighted by molar-refractivity contribution is -0.114. The first kappa shape index (κ1) is 35.3. The molecule has 8 nitrogen and oxygen atoms in total. The molecule has 258 valence electrons. The highest BCUT2D eigenvalue weighted by Crippen LogP contribution is 2.43. The van der Waals surface area contributed by atoms with E-state index in [2.05, 4.69) is 28.1 Å². The molecule has 0 spiro atoms. The number of methoxy groups -OCH3 is 1. The lowest BCUT2D eigenvalue weighted by atomic mass is 9.83. The van der Waals surface area contributed by atoms with E-state index in [1.807, 2.05) is 18.2 Å². The average molecular weight is 720 g/mol.